The van der Waals surface area contributed by atoms with Crippen LogP contribution in [0.15, 0.2) is 58.3 Å². The first kappa shape index (κ1) is 17.8. The molecule has 0 atom stereocenters. The van der Waals surface area contributed by atoms with Crippen LogP contribution in [0.3, 0.4) is 0 Å². The molecule has 0 spiro atoms. The largest absolute Gasteiger partial charge is 0.411 e. The van der Waals surface area contributed by atoms with E-state index in [0.717, 1.165) is 22.9 Å². The monoisotopic (exact) mass is 397 g/mol. The number of Topliss-reactive ketones (excluding diaryl/α,β-unsaturated/α-hetero) is 1. The highest BCUT2D eigenvalue weighted by molar-refractivity contribution is 7.99. The number of hydrogen-bond acceptors (Lipinski definition) is 5. The van der Waals surface area contributed by atoms with Crippen LogP contribution in [0.5, 0.6) is 0 Å². The average molecular weight is 398 g/mol. The van der Waals surface area contributed by atoms with Crippen molar-refractivity contribution in [3.63, 3.8) is 0 Å². The van der Waals surface area contributed by atoms with Crippen molar-refractivity contribution >= 4 is 40.0 Å². The van der Waals surface area contributed by atoms with Crippen molar-refractivity contribution < 1.29 is 9.21 Å². The molecule has 2 aromatic carbocycles. The number of carbonyl (C=O) groups excluding carboxylic acids is 1. The summed E-state index contributed by atoms with van der Waals surface area (Å²) in [7, 11) is 0. The third-order valence-corrected chi connectivity index (χ3v) is 5.38. The number of fused-ring (bicyclic) bond motifs is 1. The molecule has 1 N–H and O–H groups in total. The Morgan fingerprint density at radius 2 is 2.00 bits per heavy atom. The molecule has 0 saturated carbocycles. The normalized spacial score (nSPS) is 11.2. The molecule has 7 heteroatoms. The Bertz CT molecular complexity index is 1100. The molecule has 0 unspecified atom stereocenters. The number of hydrogen-bond donors (Lipinski definition) is 1. The zero-order valence-corrected chi connectivity index (χ0v) is 16.1. The van der Waals surface area contributed by atoms with E-state index >= 15 is 0 Å². The molecule has 136 valence electrons. The maximum atomic E-state index is 12.7. The van der Waals surface area contributed by atoms with Gasteiger partial charge in [-0.25, -0.2) is 0 Å². The number of thioether (sulfide) groups is 1. The van der Waals surface area contributed by atoms with Gasteiger partial charge in [0.2, 0.25) is 5.89 Å². The number of benzene rings is 2. The van der Waals surface area contributed by atoms with Gasteiger partial charge in [0.25, 0.3) is 5.22 Å². The average Bonchev–Trinajstić information content (AvgIpc) is 3.33. The zero-order valence-electron chi connectivity index (χ0n) is 14.5. The summed E-state index contributed by atoms with van der Waals surface area (Å²) in [6, 6.07) is 13.2. The third-order valence-electron chi connectivity index (χ3n) is 4.31. The lowest BCUT2D eigenvalue weighted by molar-refractivity contribution is 0.102. The highest BCUT2D eigenvalue weighted by atomic mass is 35.5. The van der Waals surface area contributed by atoms with E-state index in [1.54, 1.807) is 18.3 Å². The second-order valence-electron chi connectivity index (χ2n) is 5.99. The number of rotatable bonds is 6. The van der Waals surface area contributed by atoms with Crippen molar-refractivity contribution in [2.24, 2.45) is 0 Å². The first-order valence-corrected chi connectivity index (χ1v) is 9.86. The fraction of sp³-hybridized carbons (Fsp3) is 0.150. The summed E-state index contributed by atoms with van der Waals surface area (Å²) in [4.78, 5) is 15.9. The second kappa shape index (κ2) is 7.58. The number of aryl methyl sites for hydroxylation is 1. The van der Waals surface area contributed by atoms with Crippen LogP contribution in [0.2, 0.25) is 5.02 Å². The number of carbonyl (C=O) groups is 1. The summed E-state index contributed by atoms with van der Waals surface area (Å²) in [6.07, 6.45) is 2.69. The number of ketones is 1. The van der Waals surface area contributed by atoms with Crippen molar-refractivity contribution in [1.29, 1.82) is 0 Å². The van der Waals surface area contributed by atoms with Crippen molar-refractivity contribution in [2.75, 3.05) is 5.75 Å². The number of nitrogens with one attached hydrogen (secondary N) is 1. The Hall–Kier alpha value is -2.57. The summed E-state index contributed by atoms with van der Waals surface area (Å²) in [5.74, 6) is 0.651. The maximum Gasteiger partial charge on any atom is 0.277 e. The molecule has 0 fully saturated rings. The lowest BCUT2D eigenvalue weighted by Gasteiger charge is -2.00. The van der Waals surface area contributed by atoms with Crippen LogP contribution >= 0.6 is 23.4 Å². The Morgan fingerprint density at radius 1 is 1.19 bits per heavy atom. The number of aromatic amines is 1. The molecular weight excluding hydrogens is 382 g/mol. The third kappa shape index (κ3) is 3.63. The van der Waals surface area contributed by atoms with Crippen LogP contribution < -0.4 is 0 Å². The second-order valence-corrected chi connectivity index (χ2v) is 7.35. The number of nitrogens with zero attached hydrogens (tertiary/aromatic N) is 2. The topological polar surface area (TPSA) is 71.8 Å². The Morgan fingerprint density at radius 3 is 2.78 bits per heavy atom. The lowest BCUT2D eigenvalue weighted by atomic mass is 10.1. The molecular formula is C20H16ClN3O2S. The minimum Gasteiger partial charge on any atom is -0.411 e. The zero-order chi connectivity index (χ0) is 18.8. The summed E-state index contributed by atoms with van der Waals surface area (Å²) in [5.41, 5.74) is 3.69. The number of para-hydroxylation sites is 1. The Labute approximate surface area is 165 Å². The summed E-state index contributed by atoms with van der Waals surface area (Å²) < 4.78 is 5.64. The smallest absolute Gasteiger partial charge is 0.277 e. The van der Waals surface area contributed by atoms with E-state index in [-0.39, 0.29) is 11.5 Å². The van der Waals surface area contributed by atoms with Gasteiger partial charge >= 0.3 is 0 Å². The van der Waals surface area contributed by atoms with Gasteiger partial charge in [-0.3, -0.25) is 4.79 Å². The Kier molecular flexibility index (Phi) is 5.01. The van der Waals surface area contributed by atoms with Crippen LogP contribution in [-0.4, -0.2) is 26.7 Å². The lowest BCUT2D eigenvalue weighted by Crippen LogP contribution is -2.01. The van der Waals surface area contributed by atoms with E-state index in [0.29, 0.717) is 21.7 Å². The van der Waals surface area contributed by atoms with E-state index in [2.05, 4.69) is 28.2 Å². The van der Waals surface area contributed by atoms with Gasteiger partial charge in [0.1, 0.15) is 0 Å². The predicted octanol–water partition coefficient (Wildman–Crippen LogP) is 5.41. The molecule has 0 aliphatic heterocycles. The number of halogens is 1. The van der Waals surface area contributed by atoms with Gasteiger partial charge in [-0.1, -0.05) is 48.5 Å². The van der Waals surface area contributed by atoms with E-state index in [9.17, 15) is 4.79 Å². The molecule has 2 heterocycles. The number of H-pyrrole nitrogens is 1. The highest BCUT2D eigenvalue weighted by Gasteiger charge is 2.16. The maximum absolute atomic E-state index is 12.7. The van der Waals surface area contributed by atoms with E-state index in [4.69, 9.17) is 16.0 Å². The van der Waals surface area contributed by atoms with Crippen LogP contribution in [0.1, 0.15) is 22.8 Å². The standard InChI is InChI=1S/C20H16ClN3O2S/c1-2-12-4-3-5-15-16(10-22-18(12)15)17(25)11-27-20-24-23-19(26-20)13-6-8-14(21)9-7-13/h3-10,22H,2,11H2,1H3. The van der Waals surface area contributed by atoms with Gasteiger partial charge in [-0.15, -0.1) is 10.2 Å². The predicted molar refractivity (Wildman–Crippen MR) is 107 cm³/mol. The molecule has 4 aromatic rings. The van der Waals surface area contributed by atoms with E-state index < -0.39 is 0 Å². The SMILES string of the molecule is CCc1cccc2c(C(=O)CSc3nnc(-c4ccc(Cl)cc4)o3)c[nH]c12. The van der Waals surface area contributed by atoms with E-state index in [1.165, 1.54) is 17.3 Å². The molecule has 27 heavy (non-hydrogen) atoms. The molecule has 5 nitrogen and oxygen atoms in total. The molecule has 0 saturated heterocycles. The molecule has 4 rings (SSSR count). The van der Waals surface area contributed by atoms with Gasteiger partial charge in [0.15, 0.2) is 5.78 Å². The molecule has 0 bridgehead atoms. The first-order chi connectivity index (χ1) is 13.2. The van der Waals surface area contributed by atoms with Crippen LogP contribution in [0.25, 0.3) is 22.4 Å². The fourth-order valence-electron chi connectivity index (χ4n) is 2.92. The van der Waals surface area contributed by atoms with Gasteiger partial charge < -0.3 is 9.40 Å². The van der Waals surface area contributed by atoms with Crippen molar-refractivity contribution in [3.05, 3.63) is 64.8 Å². The van der Waals surface area contributed by atoms with Gasteiger partial charge in [0, 0.05) is 33.2 Å². The molecule has 2 aromatic heterocycles. The van der Waals surface area contributed by atoms with Crippen molar-refractivity contribution in [1.82, 2.24) is 15.2 Å². The van der Waals surface area contributed by atoms with E-state index in [1.807, 2.05) is 24.3 Å². The van der Waals surface area contributed by atoms with Crippen LogP contribution in [-0.2, 0) is 6.42 Å². The minimum absolute atomic E-state index is 0.0192. The summed E-state index contributed by atoms with van der Waals surface area (Å²) in [5, 5.41) is 10.00. The highest BCUT2D eigenvalue weighted by Crippen LogP contribution is 2.27. The summed E-state index contributed by atoms with van der Waals surface area (Å²) >= 11 is 7.12. The van der Waals surface area contributed by atoms with Crippen molar-refractivity contribution in [2.45, 2.75) is 18.6 Å². The minimum atomic E-state index is 0.0192. The first-order valence-electron chi connectivity index (χ1n) is 8.50. The van der Waals surface area contributed by atoms with Gasteiger partial charge in [-0.2, -0.15) is 0 Å². The molecule has 0 aliphatic carbocycles. The molecule has 0 radical (unpaired) electrons. The molecule has 0 amide bonds. The van der Waals surface area contributed by atoms with Gasteiger partial charge in [0.05, 0.1) is 5.75 Å². The number of aromatic nitrogens is 3. The molecule has 0 aliphatic rings. The quantitative estimate of drug-likeness (QED) is 0.348. The van der Waals surface area contributed by atoms with Crippen molar-refractivity contribution in [3.8, 4) is 11.5 Å². The van der Waals surface area contributed by atoms with Crippen LogP contribution in [0, 0.1) is 0 Å². The van der Waals surface area contributed by atoms with Gasteiger partial charge in [-0.05, 0) is 36.2 Å². The van der Waals surface area contributed by atoms with Crippen LogP contribution in [0.4, 0.5) is 0 Å². The Balaban J connectivity index is 1.48. The summed E-state index contributed by atoms with van der Waals surface area (Å²) in [6.45, 7) is 2.10. The fourth-order valence-corrected chi connectivity index (χ4v) is 3.70.